The molecule has 0 atom stereocenters. The molecule has 0 spiro atoms. The molecule has 0 radical (unpaired) electrons. The van der Waals surface area contributed by atoms with Gasteiger partial charge in [0.25, 0.3) is 0 Å². The Morgan fingerprint density at radius 2 is 2.12 bits per heavy atom. The van der Waals surface area contributed by atoms with Crippen molar-refractivity contribution < 1.29 is 5.21 Å². The first-order valence-electron chi connectivity index (χ1n) is 4.74. The molecule has 0 saturated carbocycles. The summed E-state index contributed by atoms with van der Waals surface area (Å²) in [5, 5.41) is 31.7. The largest absolute Gasteiger partial charge is 0.409 e. The van der Waals surface area contributed by atoms with E-state index < -0.39 is 0 Å². The van der Waals surface area contributed by atoms with Gasteiger partial charge in [0.05, 0.1) is 11.6 Å². The van der Waals surface area contributed by atoms with Crippen LogP contribution in [0.15, 0.2) is 29.4 Å². The lowest BCUT2D eigenvalue weighted by atomic mass is 10.1. The van der Waals surface area contributed by atoms with Gasteiger partial charge in [-0.05, 0) is 41.6 Å². The highest BCUT2D eigenvalue weighted by Crippen LogP contribution is 2.06. The Labute approximate surface area is 96.6 Å². The molecule has 0 aliphatic heterocycles. The van der Waals surface area contributed by atoms with E-state index in [1.165, 1.54) is 4.68 Å². The molecule has 0 fully saturated rings. The van der Waals surface area contributed by atoms with E-state index in [9.17, 15) is 0 Å². The van der Waals surface area contributed by atoms with Crippen LogP contribution in [0.2, 0.25) is 0 Å². The maximum absolute atomic E-state index is 9.01. The number of rotatable bonds is 1. The third-order valence-corrected chi connectivity index (χ3v) is 2.19. The molecular formula is C10H8N6O. The predicted molar refractivity (Wildman–Crippen MR) is 57.4 cm³/mol. The summed E-state index contributed by atoms with van der Waals surface area (Å²) in [5.74, 6) is 0.708. The van der Waals surface area contributed by atoms with Gasteiger partial charge in [-0.2, -0.15) is 9.94 Å². The number of nitrogens with zero attached hydrogens (tertiary/aromatic N) is 6. The van der Waals surface area contributed by atoms with Gasteiger partial charge in [0, 0.05) is 5.56 Å². The lowest BCUT2D eigenvalue weighted by Crippen LogP contribution is -2.17. The Balaban J connectivity index is 2.44. The Bertz CT molecular complexity index is 592. The van der Waals surface area contributed by atoms with Gasteiger partial charge in [-0.15, -0.1) is 5.10 Å². The molecule has 1 aromatic heterocycles. The lowest BCUT2D eigenvalue weighted by Gasteiger charge is -2.04. The summed E-state index contributed by atoms with van der Waals surface area (Å²) in [5.41, 5.74) is 1.14. The van der Waals surface area contributed by atoms with Crippen molar-refractivity contribution in [3.05, 3.63) is 41.2 Å². The second-order valence-electron chi connectivity index (χ2n) is 3.25. The smallest absolute Gasteiger partial charge is 0.203 e. The third-order valence-electron chi connectivity index (χ3n) is 2.19. The summed E-state index contributed by atoms with van der Waals surface area (Å²) in [6.07, 6.45) is 0. The molecule has 0 unspecified atom stereocenters. The number of tetrazole rings is 1. The predicted octanol–water partition coefficient (Wildman–Crippen LogP) is 0.537. The minimum Gasteiger partial charge on any atom is -0.409 e. The molecule has 0 aliphatic carbocycles. The van der Waals surface area contributed by atoms with Crippen molar-refractivity contribution >= 4 is 5.84 Å². The van der Waals surface area contributed by atoms with Crippen LogP contribution >= 0.6 is 0 Å². The van der Waals surface area contributed by atoms with Gasteiger partial charge in [0.15, 0.2) is 5.82 Å². The van der Waals surface area contributed by atoms with Gasteiger partial charge in [-0.1, -0.05) is 5.16 Å². The molecule has 0 aliphatic rings. The third kappa shape index (κ3) is 1.96. The summed E-state index contributed by atoms with van der Waals surface area (Å²) >= 11 is 0. The molecule has 84 valence electrons. The number of benzene rings is 1. The monoisotopic (exact) mass is 228 g/mol. The first-order valence-corrected chi connectivity index (χ1v) is 4.74. The van der Waals surface area contributed by atoms with E-state index in [4.69, 9.17) is 10.5 Å². The van der Waals surface area contributed by atoms with Crippen LogP contribution in [0.1, 0.15) is 17.0 Å². The molecule has 7 heteroatoms. The lowest BCUT2D eigenvalue weighted by molar-refractivity contribution is 0.316. The fourth-order valence-corrected chi connectivity index (χ4v) is 1.34. The molecule has 17 heavy (non-hydrogen) atoms. The van der Waals surface area contributed by atoms with E-state index in [1.807, 2.05) is 6.07 Å². The van der Waals surface area contributed by atoms with E-state index in [0.29, 0.717) is 17.0 Å². The number of hydrogen-bond acceptors (Lipinski definition) is 6. The number of aromatic nitrogens is 4. The highest BCUT2D eigenvalue weighted by atomic mass is 16.4. The summed E-state index contributed by atoms with van der Waals surface area (Å²) in [4.78, 5) is 0. The van der Waals surface area contributed by atoms with Gasteiger partial charge in [0.1, 0.15) is 0 Å². The molecule has 1 N–H and O–H groups in total. The van der Waals surface area contributed by atoms with Crippen molar-refractivity contribution in [2.75, 3.05) is 0 Å². The van der Waals surface area contributed by atoms with Gasteiger partial charge < -0.3 is 5.21 Å². The second kappa shape index (κ2) is 4.40. The number of oxime groups is 1. The summed E-state index contributed by atoms with van der Waals surface area (Å²) in [6.45, 7) is 1.69. The number of hydrogen-bond donors (Lipinski definition) is 1. The Hall–Kier alpha value is -2.75. The van der Waals surface area contributed by atoms with Crippen molar-refractivity contribution in [1.29, 1.82) is 5.26 Å². The zero-order valence-corrected chi connectivity index (χ0v) is 8.94. The molecule has 0 bridgehead atoms. The van der Waals surface area contributed by atoms with Crippen molar-refractivity contribution in [2.24, 2.45) is 5.16 Å². The molecule has 0 saturated heterocycles. The normalized spacial score (nSPS) is 11.2. The van der Waals surface area contributed by atoms with Gasteiger partial charge in [0.2, 0.25) is 5.84 Å². The zero-order valence-electron chi connectivity index (χ0n) is 8.94. The minimum atomic E-state index is 0.206. The van der Waals surface area contributed by atoms with Crippen LogP contribution in [-0.2, 0) is 0 Å². The van der Waals surface area contributed by atoms with E-state index in [-0.39, 0.29) is 5.84 Å². The fourth-order valence-electron chi connectivity index (χ4n) is 1.34. The van der Waals surface area contributed by atoms with E-state index in [1.54, 1.807) is 31.2 Å². The SMILES string of the molecule is Cc1nnnn1/C(=N/O)c1ccc(C#N)cc1. The molecule has 7 nitrogen and oxygen atoms in total. The summed E-state index contributed by atoms with van der Waals surface area (Å²) in [6, 6.07) is 8.58. The first kappa shape index (κ1) is 10.8. The van der Waals surface area contributed by atoms with E-state index in [0.717, 1.165) is 0 Å². The maximum atomic E-state index is 9.01. The summed E-state index contributed by atoms with van der Waals surface area (Å²) in [7, 11) is 0. The molecule has 0 amide bonds. The van der Waals surface area contributed by atoms with Crippen LogP contribution in [0, 0.1) is 18.3 Å². The molecular weight excluding hydrogens is 220 g/mol. The van der Waals surface area contributed by atoms with Crippen LogP contribution in [0.4, 0.5) is 0 Å². The van der Waals surface area contributed by atoms with Crippen LogP contribution in [-0.4, -0.2) is 31.3 Å². The highest BCUT2D eigenvalue weighted by molar-refractivity contribution is 5.99. The van der Waals surface area contributed by atoms with Crippen LogP contribution in [0.5, 0.6) is 0 Å². The minimum absolute atomic E-state index is 0.206. The molecule has 1 heterocycles. The Morgan fingerprint density at radius 3 is 2.59 bits per heavy atom. The average molecular weight is 228 g/mol. The zero-order chi connectivity index (χ0) is 12.3. The van der Waals surface area contributed by atoms with Crippen molar-refractivity contribution in [3.63, 3.8) is 0 Å². The highest BCUT2D eigenvalue weighted by Gasteiger charge is 2.11. The standard InChI is InChI=1S/C10H8N6O/c1-7-12-14-15-16(7)10(13-17)9-4-2-8(6-11)3-5-9/h2-5,17H,1H3/b13-10+. The van der Waals surface area contributed by atoms with E-state index in [2.05, 4.69) is 20.7 Å². The topological polar surface area (TPSA) is 100.0 Å². The van der Waals surface area contributed by atoms with Gasteiger partial charge in [-0.25, -0.2) is 0 Å². The number of nitriles is 1. The first-order chi connectivity index (χ1) is 8.26. The number of aryl methyl sites for hydroxylation is 1. The van der Waals surface area contributed by atoms with Gasteiger partial charge in [-0.3, -0.25) is 0 Å². The van der Waals surface area contributed by atoms with Gasteiger partial charge >= 0.3 is 0 Å². The van der Waals surface area contributed by atoms with Crippen molar-refractivity contribution in [3.8, 4) is 6.07 Å². The molecule has 2 aromatic rings. The van der Waals surface area contributed by atoms with Crippen LogP contribution < -0.4 is 0 Å². The Kier molecular flexibility index (Phi) is 2.79. The van der Waals surface area contributed by atoms with E-state index >= 15 is 0 Å². The fraction of sp³-hybridized carbons (Fsp3) is 0.100. The van der Waals surface area contributed by atoms with Crippen LogP contribution in [0.3, 0.4) is 0 Å². The molecule has 1 aromatic carbocycles. The quantitative estimate of drug-likeness (QED) is 0.332. The van der Waals surface area contributed by atoms with Crippen LogP contribution in [0.25, 0.3) is 0 Å². The Morgan fingerprint density at radius 1 is 1.41 bits per heavy atom. The second-order valence-corrected chi connectivity index (χ2v) is 3.25. The summed E-state index contributed by atoms with van der Waals surface area (Å²) < 4.78 is 1.31. The maximum Gasteiger partial charge on any atom is 0.203 e. The molecule has 2 rings (SSSR count). The average Bonchev–Trinajstić information content (AvgIpc) is 2.78. The van der Waals surface area contributed by atoms with Crippen molar-refractivity contribution in [2.45, 2.75) is 6.92 Å². The van der Waals surface area contributed by atoms with Crippen molar-refractivity contribution in [1.82, 2.24) is 20.2 Å².